The van der Waals surface area contributed by atoms with Gasteiger partial charge in [0.25, 0.3) is 0 Å². The minimum absolute atomic E-state index is 0.101. The summed E-state index contributed by atoms with van der Waals surface area (Å²) in [4.78, 5) is 19.9. The highest BCUT2D eigenvalue weighted by Gasteiger charge is 2.32. The fourth-order valence-electron chi connectivity index (χ4n) is 3.17. The van der Waals surface area contributed by atoms with Crippen molar-refractivity contribution in [2.24, 2.45) is 0 Å². The van der Waals surface area contributed by atoms with E-state index in [0.717, 1.165) is 21.0 Å². The molecule has 2 aromatic heterocycles. The number of anilines is 1. The molecule has 8 nitrogen and oxygen atoms in total. The summed E-state index contributed by atoms with van der Waals surface area (Å²) >= 11 is 1.49. The Bertz CT molecular complexity index is 1110. The molecule has 1 aromatic carbocycles. The Morgan fingerprint density at radius 2 is 2.03 bits per heavy atom. The predicted molar refractivity (Wildman–Crippen MR) is 117 cm³/mol. The molecular formula is C20H24N4O4S2. The first-order valence-electron chi connectivity index (χ1n) is 9.42. The van der Waals surface area contributed by atoms with Gasteiger partial charge in [0.15, 0.2) is 0 Å². The maximum atomic E-state index is 13.2. The van der Waals surface area contributed by atoms with Gasteiger partial charge in [0, 0.05) is 6.54 Å². The van der Waals surface area contributed by atoms with Crippen LogP contribution in [0, 0.1) is 6.92 Å². The number of nitrogens with zero attached hydrogens (tertiary/aromatic N) is 4. The van der Waals surface area contributed by atoms with E-state index in [1.165, 1.54) is 16.2 Å². The van der Waals surface area contributed by atoms with Gasteiger partial charge in [-0.05, 0) is 49.9 Å². The second-order valence-corrected chi connectivity index (χ2v) is 9.72. The smallest absolute Gasteiger partial charge is 0.246 e. The number of sulfonamides is 1. The van der Waals surface area contributed by atoms with Gasteiger partial charge in [0.1, 0.15) is 12.6 Å². The number of thiophene rings is 1. The zero-order valence-corrected chi connectivity index (χ0v) is 18.9. The second kappa shape index (κ2) is 8.97. The highest BCUT2D eigenvalue weighted by atomic mass is 32.2. The highest BCUT2D eigenvalue weighted by molar-refractivity contribution is 7.92. The zero-order chi connectivity index (χ0) is 21.9. The Morgan fingerprint density at radius 3 is 2.63 bits per heavy atom. The lowest BCUT2D eigenvalue weighted by atomic mass is 10.2. The van der Waals surface area contributed by atoms with Gasteiger partial charge < -0.3 is 9.42 Å². The minimum Gasteiger partial charge on any atom is -0.337 e. The number of amides is 1. The van der Waals surface area contributed by atoms with Crippen molar-refractivity contribution in [3.8, 4) is 10.7 Å². The van der Waals surface area contributed by atoms with Gasteiger partial charge in [0.2, 0.25) is 27.6 Å². The first-order chi connectivity index (χ1) is 14.2. The summed E-state index contributed by atoms with van der Waals surface area (Å²) in [6.07, 6.45) is 1.10. The van der Waals surface area contributed by atoms with Crippen molar-refractivity contribution in [1.29, 1.82) is 0 Å². The van der Waals surface area contributed by atoms with Crippen LogP contribution in [0.25, 0.3) is 10.7 Å². The fraction of sp³-hybridized carbons (Fsp3) is 0.350. The first-order valence-corrected chi connectivity index (χ1v) is 12.1. The van der Waals surface area contributed by atoms with Crippen molar-refractivity contribution in [2.45, 2.75) is 33.4 Å². The summed E-state index contributed by atoms with van der Waals surface area (Å²) in [5, 5.41) is 5.88. The van der Waals surface area contributed by atoms with E-state index >= 15 is 0 Å². The van der Waals surface area contributed by atoms with Crippen molar-refractivity contribution in [1.82, 2.24) is 15.0 Å². The van der Waals surface area contributed by atoms with Crippen LogP contribution in [0.3, 0.4) is 0 Å². The number of aromatic nitrogens is 2. The van der Waals surface area contributed by atoms with Crippen LogP contribution in [0.4, 0.5) is 5.69 Å². The fourth-order valence-corrected chi connectivity index (χ4v) is 4.98. The molecule has 30 heavy (non-hydrogen) atoms. The molecule has 10 heteroatoms. The molecule has 0 spiro atoms. The summed E-state index contributed by atoms with van der Waals surface area (Å²) in [5.41, 5.74) is 1.35. The van der Waals surface area contributed by atoms with Crippen LogP contribution in [-0.4, -0.2) is 48.2 Å². The van der Waals surface area contributed by atoms with Crippen molar-refractivity contribution in [3.05, 3.63) is 53.2 Å². The lowest BCUT2D eigenvalue weighted by Gasteiger charge is -2.32. The lowest BCUT2D eigenvalue weighted by molar-refractivity contribution is -0.132. The number of rotatable bonds is 8. The molecule has 0 saturated carbocycles. The van der Waals surface area contributed by atoms with Crippen LogP contribution in [0.1, 0.15) is 25.3 Å². The highest BCUT2D eigenvalue weighted by Crippen LogP contribution is 2.24. The van der Waals surface area contributed by atoms with Crippen LogP contribution < -0.4 is 4.31 Å². The third kappa shape index (κ3) is 4.88. The van der Waals surface area contributed by atoms with E-state index in [0.29, 0.717) is 23.9 Å². The summed E-state index contributed by atoms with van der Waals surface area (Å²) in [7, 11) is -3.68. The molecule has 0 unspecified atom stereocenters. The van der Waals surface area contributed by atoms with Crippen LogP contribution in [0.2, 0.25) is 0 Å². The Morgan fingerprint density at radius 1 is 1.27 bits per heavy atom. The van der Waals surface area contributed by atoms with Gasteiger partial charge in [-0.25, -0.2) is 8.42 Å². The van der Waals surface area contributed by atoms with Gasteiger partial charge in [-0.2, -0.15) is 4.98 Å². The van der Waals surface area contributed by atoms with Crippen molar-refractivity contribution >= 4 is 33.0 Å². The molecule has 0 N–H and O–H groups in total. The maximum Gasteiger partial charge on any atom is 0.246 e. The topological polar surface area (TPSA) is 96.6 Å². The second-order valence-electron chi connectivity index (χ2n) is 6.92. The standard InChI is InChI=1S/C20H24N4O4S2/c1-5-23(13-18-21-19(22-28-18)17-10-7-11-29-17)20(25)15(3)24(30(4,26)27)16-9-6-8-14(2)12-16/h6-12,15H,5,13H2,1-4H3/t15-/m1/s1. The molecule has 0 fully saturated rings. The van der Waals surface area contributed by atoms with E-state index < -0.39 is 16.1 Å². The number of hydrogen-bond donors (Lipinski definition) is 0. The largest absolute Gasteiger partial charge is 0.337 e. The van der Waals surface area contributed by atoms with E-state index in [1.807, 2.05) is 37.4 Å². The molecule has 160 valence electrons. The Balaban J connectivity index is 1.82. The number of likely N-dealkylation sites (N-methyl/N-ethyl adjacent to an activating group) is 1. The average molecular weight is 449 g/mol. The Hall–Kier alpha value is -2.72. The number of carbonyl (C=O) groups is 1. The Labute approximate surface area is 180 Å². The molecule has 2 heterocycles. The molecule has 0 radical (unpaired) electrons. The summed E-state index contributed by atoms with van der Waals surface area (Å²) in [6, 6.07) is 9.91. The van der Waals surface area contributed by atoms with E-state index in [9.17, 15) is 13.2 Å². The minimum atomic E-state index is -3.68. The molecule has 0 saturated heterocycles. The molecule has 0 aliphatic rings. The van der Waals surface area contributed by atoms with Crippen molar-refractivity contribution in [3.63, 3.8) is 0 Å². The molecule has 1 atom stereocenters. The van der Waals surface area contributed by atoms with E-state index in [1.54, 1.807) is 25.1 Å². The van der Waals surface area contributed by atoms with Gasteiger partial charge in [-0.3, -0.25) is 9.10 Å². The van der Waals surface area contributed by atoms with Gasteiger partial charge in [-0.1, -0.05) is 23.4 Å². The van der Waals surface area contributed by atoms with E-state index in [-0.39, 0.29) is 12.5 Å². The molecule has 0 aliphatic heterocycles. The molecule has 0 aliphatic carbocycles. The predicted octanol–water partition coefficient (Wildman–Crippen LogP) is 3.31. The van der Waals surface area contributed by atoms with Crippen LogP contribution in [0.5, 0.6) is 0 Å². The molecule has 3 aromatic rings. The quantitative estimate of drug-likeness (QED) is 0.524. The third-order valence-electron chi connectivity index (χ3n) is 4.55. The number of benzene rings is 1. The normalized spacial score (nSPS) is 12.5. The number of aryl methyl sites for hydroxylation is 1. The number of carbonyl (C=O) groups excluding carboxylic acids is 1. The van der Waals surface area contributed by atoms with Crippen LogP contribution >= 0.6 is 11.3 Å². The Kier molecular flexibility index (Phi) is 6.57. The lowest BCUT2D eigenvalue weighted by Crippen LogP contribution is -2.49. The van der Waals surface area contributed by atoms with E-state index in [4.69, 9.17) is 4.52 Å². The summed E-state index contributed by atoms with van der Waals surface area (Å²) in [6.45, 7) is 5.74. The summed E-state index contributed by atoms with van der Waals surface area (Å²) in [5.74, 6) is 0.414. The van der Waals surface area contributed by atoms with E-state index in [2.05, 4.69) is 10.1 Å². The zero-order valence-electron chi connectivity index (χ0n) is 17.3. The molecule has 3 rings (SSSR count). The van der Waals surface area contributed by atoms with Crippen molar-refractivity contribution < 1.29 is 17.7 Å². The van der Waals surface area contributed by atoms with Gasteiger partial charge >= 0.3 is 0 Å². The van der Waals surface area contributed by atoms with Crippen LogP contribution in [0.15, 0.2) is 46.3 Å². The molecular weight excluding hydrogens is 424 g/mol. The van der Waals surface area contributed by atoms with Crippen molar-refractivity contribution in [2.75, 3.05) is 17.1 Å². The maximum absolute atomic E-state index is 13.2. The van der Waals surface area contributed by atoms with Crippen LogP contribution in [-0.2, 0) is 21.4 Å². The summed E-state index contributed by atoms with van der Waals surface area (Å²) < 4.78 is 31.5. The first kappa shape index (κ1) is 22.0. The molecule has 0 bridgehead atoms. The average Bonchev–Trinajstić information content (AvgIpc) is 3.36. The molecule has 1 amide bonds. The number of hydrogen-bond acceptors (Lipinski definition) is 7. The monoisotopic (exact) mass is 448 g/mol. The van der Waals surface area contributed by atoms with Gasteiger partial charge in [-0.15, -0.1) is 11.3 Å². The van der Waals surface area contributed by atoms with Gasteiger partial charge in [0.05, 0.1) is 16.8 Å². The SMILES string of the molecule is CCN(Cc1nc(-c2cccs2)no1)C(=O)[C@@H](C)N(c1cccc(C)c1)S(C)(=O)=O. The third-order valence-corrected chi connectivity index (χ3v) is 6.66.